The van der Waals surface area contributed by atoms with Gasteiger partial charge in [0.05, 0.1) is 18.0 Å². The molecule has 1 fully saturated rings. The SMILES string of the molecule is C[C@@H](c1ccccc1)N1C(=O)[C@@H]2c3ccccc3C=C[C@@H]2[C@H]1c1ccccc1. The molecule has 1 aliphatic carbocycles. The second-order valence-electron chi connectivity index (χ2n) is 7.73. The summed E-state index contributed by atoms with van der Waals surface area (Å²) in [5, 5.41) is 0. The van der Waals surface area contributed by atoms with Gasteiger partial charge in [0, 0.05) is 5.92 Å². The molecule has 1 amide bonds. The van der Waals surface area contributed by atoms with E-state index in [-0.39, 0.29) is 29.8 Å². The molecule has 2 heteroatoms. The number of nitrogens with zero attached hydrogens (tertiary/aromatic N) is 1. The van der Waals surface area contributed by atoms with E-state index in [4.69, 9.17) is 0 Å². The van der Waals surface area contributed by atoms with Crippen LogP contribution in [0.25, 0.3) is 6.08 Å². The smallest absolute Gasteiger partial charge is 0.231 e. The second kappa shape index (κ2) is 6.79. The van der Waals surface area contributed by atoms with Crippen LogP contribution >= 0.6 is 0 Å². The summed E-state index contributed by atoms with van der Waals surface area (Å²) in [6.07, 6.45) is 4.44. The number of rotatable bonds is 3. The number of amides is 1. The van der Waals surface area contributed by atoms with E-state index in [1.165, 1.54) is 11.1 Å². The first-order valence-electron chi connectivity index (χ1n) is 9.95. The van der Waals surface area contributed by atoms with Crippen LogP contribution in [-0.2, 0) is 4.79 Å². The first-order valence-corrected chi connectivity index (χ1v) is 9.95. The fourth-order valence-electron chi connectivity index (χ4n) is 4.90. The van der Waals surface area contributed by atoms with Gasteiger partial charge in [-0.25, -0.2) is 0 Å². The van der Waals surface area contributed by atoms with Gasteiger partial charge in [-0.15, -0.1) is 0 Å². The van der Waals surface area contributed by atoms with E-state index < -0.39 is 0 Å². The lowest BCUT2D eigenvalue weighted by molar-refractivity contribution is -0.132. The van der Waals surface area contributed by atoms with Gasteiger partial charge in [-0.2, -0.15) is 0 Å². The highest BCUT2D eigenvalue weighted by Gasteiger charge is 2.51. The number of benzene rings is 3. The summed E-state index contributed by atoms with van der Waals surface area (Å²) in [5.41, 5.74) is 4.70. The summed E-state index contributed by atoms with van der Waals surface area (Å²) in [6, 6.07) is 29.2. The molecular formula is C26H23NO. The molecule has 28 heavy (non-hydrogen) atoms. The van der Waals surface area contributed by atoms with Gasteiger partial charge in [0.1, 0.15) is 0 Å². The van der Waals surface area contributed by atoms with Crippen molar-refractivity contribution in [2.75, 3.05) is 0 Å². The van der Waals surface area contributed by atoms with Crippen LogP contribution in [0.15, 0.2) is 91.0 Å². The Morgan fingerprint density at radius 2 is 1.46 bits per heavy atom. The Hall–Kier alpha value is -3.13. The van der Waals surface area contributed by atoms with Crippen molar-refractivity contribution in [1.82, 2.24) is 4.90 Å². The molecular weight excluding hydrogens is 342 g/mol. The Balaban J connectivity index is 1.65. The van der Waals surface area contributed by atoms with Gasteiger partial charge in [-0.1, -0.05) is 97.1 Å². The first-order chi connectivity index (χ1) is 13.8. The summed E-state index contributed by atoms with van der Waals surface area (Å²) in [7, 11) is 0. The van der Waals surface area contributed by atoms with Crippen LogP contribution in [0.4, 0.5) is 0 Å². The van der Waals surface area contributed by atoms with Gasteiger partial charge in [0.2, 0.25) is 5.91 Å². The molecule has 0 saturated carbocycles. The molecule has 1 heterocycles. The van der Waals surface area contributed by atoms with E-state index in [0.29, 0.717) is 0 Å². The zero-order valence-corrected chi connectivity index (χ0v) is 15.9. The van der Waals surface area contributed by atoms with Gasteiger partial charge in [0.25, 0.3) is 0 Å². The molecule has 0 spiro atoms. The highest BCUT2D eigenvalue weighted by molar-refractivity contribution is 5.90. The third kappa shape index (κ3) is 2.60. The lowest BCUT2D eigenvalue weighted by atomic mass is 9.77. The normalized spacial score (nSPS) is 24.0. The summed E-state index contributed by atoms with van der Waals surface area (Å²) in [6.45, 7) is 2.15. The van der Waals surface area contributed by atoms with Crippen molar-refractivity contribution in [2.45, 2.75) is 24.9 Å². The Morgan fingerprint density at radius 1 is 0.821 bits per heavy atom. The average Bonchev–Trinajstić information content (AvgIpc) is 3.07. The molecule has 0 aromatic heterocycles. The van der Waals surface area contributed by atoms with E-state index in [1.807, 2.05) is 36.4 Å². The van der Waals surface area contributed by atoms with Crippen LogP contribution in [0.5, 0.6) is 0 Å². The number of hydrogen-bond acceptors (Lipinski definition) is 1. The largest absolute Gasteiger partial charge is 0.328 e. The van der Waals surface area contributed by atoms with Crippen molar-refractivity contribution >= 4 is 12.0 Å². The molecule has 138 valence electrons. The summed E-state index contributed by atoms with van der Waals surface area (Å²) < 4.78 is 0. The fraction of sp³-hybridized carbons (Fsp3) is 0.192. The van der Waals surface area contributed by atoms with Gasteiger partial charge in [0.15, 0.2) is 0 Å². The number of likely N-dealkylation sites (tertiary alicyclic amines) is 1. The minimum absolute atomic E-state index is 0.0186. The minimum atomic E-state index is -0.113. The van der Waals surface area contributed by atoms with Crippen molar-refractivity contribution < 1.29 is 4.79 Å². The molecule has 3 aromatic carbocycles. The maximum absolute atomic E-state index is 13.8. The van der Waals surface area contributed by atoms with Crippen molar-refractivity contribution in [3.63, 3.8) is 0 Å². The number of carbonyl (C=O) groups is 1. The van der Waals surface area contributed by atoms with Crippen LogP contribution in [0.3, 0.4) is 0 Å². The molecule has 1 saturated heterocycles. The van der Waals surface area contributed by atoms with Gasteiger partial charge >= 0.3 is 0 Å². The molecule has 3 aromatic rings. The number of carbonyl (C=O) groups excluding carboxylic acids is 1. The predicted molar refractivity (Wildman–Crippen MR) is 113 cm³/mol. The third-order valence-electron chi connectivity index (χ3n) is 6.24. The fourth-order valence-corrected chi connectivity index (χ4v) is 4.90. The van der Waals surface area contributed by atoms with Gasteiger partial charge < -0.3 is 4.90 Å². The summed E-state index contributed by atoms with van der Waals surface area (Å²) >= 11 is 0. The van der Waals surface area contributed by atoms with E-state index >= 15 is 0 Å². The minimum Gasteiger partial charge on any atom is -0.328 e. The van der Waals surface area contributed by atoms with Gasteiger partial charge in [-0.05, 0) is 29.2 Å². The predicted octanol–water partition coefficient (Wildman–Crippen LogP) is 5.76. The van der Waals surface area contributed by atoms with E-state index in [9.17, 15) is 4.79 Å². The van der Waals surface area contributed by atoms with Crippen LogP contribution in [0.2, 0.25) is 0 Å². The van der Waals surface area contributed by atoms with Crippen LogP contribution < -0.4 is 0 Å². The van der Waals surface area contributed by atoms with Crippen molar-refractivity contribution in [1.29, 1.82) is 0 Å². The molecule has 2 aliphatic rings. The molecule has 0 bridgehead atoms. The Labute approximate surface area is 166 Å². The molecule has 0 unspecified atom stereocenters. The molecule has 0 N–H and O–H groups in total. The number of fused-ring (bicyclic) bond motifs is 3. The summed E-state index contributed by atoms with van der Waals surface area (Å²) in [5.74, 6) is 0.264. The topological polar surface area (TPSA) is 20.3 Å². The zero-order chi connectivity index (χ0) is 19.1. The molecule has 2 nitrogen and oxygen atoms in total. The van der Waals surface area contributed by atoms with Gasteiger partial charge in [-0.3, -0.25) is 4.79 Å². The highest BCUT2D eigenvalue weighted by Crippen LogP contribution is 2.53. The zero-order valence-electron chi connectivity index (χ0n) is 15.9. The molecule has 5 rings (SSSR count). The lowest BCUT2D eigenvalue weighted by Gasteiger charge is -2.33. The van der Waals surface area contributed by atoms with Crippen molar-refractivity contribution in [3.8, 4) is 0 Å². The number of hydrogen-bond donors (Lipinski definition) is 0. The Kier molecular flexibility index (Phi) is 4.12. The van der Waals surface area contributed by atoms with Crippen molar-refractivity contribution in [3.05, 3.63) is 113 Å². The Morgan fingerprint density at radius 3 is 2.21 bits per heavy atom. The highest BCUT2D eigenvalue weighted by atomic mass is 16.2. The summed E-state index contributed by atoms with van der Waals surface area (Å²) in [4.78, 5) is 15.9. The lowest BCUT2D eigenvalue weighted by Crippen LogP contribution is -2.32. The van der Waals surface area contributed by atoms with E-state index in [1.54, 1.807) is 0 Å². The monoisotopic (exact) mass is 365 g/mol. The van der Waals surface area contributed by atoms with Crippen LogP contribution in [-0.4, -0.2) is 10.8 Å². The van der Waals surface area contributed by atoms with Crippen LogP contribution in [0, 0.1) is 5.92 Å². The molecule has 1 aliphatic heterocycles. The second-order valence-corrected chi connectivity index (χ2v) is 7.73. The Bertz CT molecular complexity index is 1020. The third-order valence-corrected chi connectivity index (χ3v) is 6.24. The van der Waals surface area contributed by atoms with Crippen LogP contribution in [0.1, 0.15) is 47.2 Å². The average molecular weight is 365 g/mol. The maximum Gasteiger partial charge on any atom is 0.231 e. The van der Waals surface area contributed by atoms with Crippen molar-refractivity contribution in [2.24, 2.45) is 5.92 Å². The van der Waals surface area contributed by atoms with E-state index in [0.717, 1.165) is 11.1 Å². The standard InChI is InChI=1S/C26H23NO/c1-18(19-10-4-2-5-11-19)27-25(21-13-6-3-7-14-21)23-17-16-20-12-8-9-15-22(20)24(23)26(27)28/h2-18,23-25H,1H3/t18-,23-,24+,25+/m0/s1. The first kappa shape index (κ1) is 17.0. The van der Waals surface area contributed by atoms with E-state index in [2.05, 4.69) is 72.5 Å². The molecule has 0 radical (unpaired) electrons. The molecule has 4 atom stereocenters. The quantitative estimate of drug-likeness (QED) is 0.578. The maximum atomic E-state index is 13.8.